The van der Waals surface area contributed by atoms with E-state index in [0.29, 0.717) is 49.7 Å². The van der Waals surface area contributed by atoms with Gasteiger partial charge in [0.1, 0.15) is 11.5 Å². The molecule has 10 nitrogen and oxygen atoms in total. The second-order valence-electron chi connectivity index (χ2n) is 8.83. The van der Waals surface area contributed by atoms with Crippen molar-refractivity contribution >= 4 is 29.4 Å². The number of phenols is 2. The smallest absolute Gasteiger partial charge is 0.245 e. The van der Waals surface area contributed by atoms with Crippen molar-refractivity contribution in [3.05, 3.63) is 78.0 Å². The zero-order chi connectivity index (χ0) is 27.2. The van der Waals surface area contributed by atoms with Crippen LogP contribution in [0.25, 0.3) is 11.1 Å². The number of halogens is 1. The van der Waals surface area contributed by atoms with Crippen molar-refractivity contribution in [1.82, 2.24) is 15.0 Å². The molecule has 0 amide bonds. The van der Waals surface area contributed by atoms with E-state index < -0.39 is 5.82 Å². The van der Waals surface area contributed by atoms with Crippen LogP contribution in [0.15, 0.2) is 65.9 Å². The first-order valence-electron chi connectivity index (χ1n) is 12.5. The van der Waals surface area contributed by atoms with Crippen LogP contribution < -0.4 is 15.6 Å². The Balaban J connectivity index is 1.27. The number of nitrogens with zero attached hydrogens (tertiary/aromatic N) is 5. The van der Waals surface area contributed by atoms with Gasteiger partial charge in [-0.25, -0.2) is 19.8 Å². The van der Waals surface area contributed by atoms with Crippen LogP contribution in [0.4, 0.5) is 27.5 Å². The van der Waals surface area contributed by atoms with E-state index in [9.17, 15) is 14.6 Å². The first kappa shape index (κ1) is 25.9. The van der Waals surface area contributed by atoms with Gasteiger partial charge in [0, 0.05) is 30.4 Å². The number of hydrogen-bond acceptors (Lipinski definition) is 10. The number of rotatable bonds is 8. The third kappa shape index (κ3) is 6.21. The Morgan fingerprint density at radius 1 is 1.08 bits per heavy atom. The quantitative estimate of drug-likeness (QED) is 0.190. The van der Waals surface area contributed by atoms with Crippen LogP contribution >= 0.6 is 0 Å². The molecule has 2 aromatic heterocycles. The lowest BCUT2D eigenvalue weighted by Crippen LogP contribution is -2.37. The monoisotopic (exact) mass is 529 g/mol. The van der Waals surface area contributed by atoms with Gasteiger partial charge >= 0.3 is 0 Å². The number of hydrogen-bond donors (Lipinski definition) is 4. The maximum absolute atomic E-state index is 14.2. The number of hydrazone groups is 1. The summed E-state index contributed by atoms with van der Waals surface area (Å²) >= 11 is 0. The molecule has 0 radical (unpaired) electrons. The van der Waals surface area contributed by atoms with E-state index >= 15 is 0 Å². The zero-order valence-electron chi connectivity index (χ0n) is 21.3. The average molecular weight is 530 g/mol. The summed E-state index contributed by atoms with van der Waals surface area (Å²) in [6, 6.07) is 15.7. The molecule has 0 saturated carbocycles. The first-order valence-corrected chi connectivity index (χ1v) is 12.5. The minimum atomic E-state index is -0.494. The highest BCUT2D eigenvalue weighted by Crippen LogP contribution is 2.34. The highest BCUT2D eigenvalue weighted by molar-refractivity contribution is 5.79. The minimum absolute atomic E-state index is 0.0891. The molecule has 4 N–H and O–H groups in total. The van der Waals surface area contributed by atoms with Crippen LogP contribution in [0.3, 0.4) is 0 Å². The molecular weight excluding hydrogens is 501 g/mol. The lowest BCUT2D eigenvalue weighted by atomic mass is 10.0. The van der Waals surface area contributed by atoms with E-state index in [1.807, 2.05) is 30.0 Å². The molecular formula is C28H28FN7O3. The summed E-state index contributed by atoms with van der Waals surface area (Å²) in [5, 5.41) is 27.8. The Kier molecular flexibility index (Phi) is 7.78. The summed E-state index contributed by atoms with van der Waals surface area (Å²) in [4.78, 5) is 14.7. The molecule has 3 heterocycles. The molecule has 0 atom stereocenters. The van der Waals surface area contributed by atoms with Crippen molar-refractivity contribution in [2.24, 2.45) is 5.10 Å². The highest BCUT2D eigenvalue weighted by atomic mass is 19.1. The van der Waals surface area contributed by atoms with Gasteiger partial charge in [-0.2, -0.15) is 10.1 Å². The number of phenolic OH excluding ortho intramolecular Hbond substituents is 2. The van der Waals surface area contributed by atoms with Crippen molar-refractivity contribution in [3.8, 4) is 22.6 Å². The van der Waals surface area contributed by atoms with Crippen LogP contribution in [0, 0.1) is 5.82 Å². The van der Waals surface area contributed by atoms with Gasteiger partial charge in [0.05, 0.1) is 42.7 Å². The third-order valence-electron chi connectivity index (χ3n) is 6.16. The molecule has 200 valence electrons. The molecule has 39 heavy (non-hydrogen) atoms. The van der Waals surface area contributed by atoms with Gasteiger partial charge in [-0.1, -0.05) is 19.1 Å². The molecule has 0 bridgehead atoms. The lowest BCUT2D eigenvalue weighted by molar-refractivity contribution is 0.122. The molecule has 4 aromatic rings. The van der Waals surface area contributed by atoms with Crippen molar-refractivity contribution in [2.75, 3.05) is 41.9 Å². The van der Waals surface area contributed by atoms with Gasteiger partial charge in [0.2, 0.25) is 5.95 Å². The Hall–Kier alpha value is -4.77. The summed E-state index contributed by atoms with van der Waals surface area (Å²) in [5.41, 5.74) is 6.99. The SMILES string of the molecule is CCc1nc(/C=N/Nc2ncc(F)c(N3CCOCC3)n2)ccc1Nc1ccc(-c2cccc(O)c2)c(O)c1. The molecule has 11 heteroatoms. The summed E-state index contributed by atoms with van der Waals surface area (Å²) in [5.74, 6) is 0.123. The number of aromatic hydroxyl groups is 2. The normalized spacial score (nSPS) is 13.5. The largest absolute Gasteiger partial charge is 0.508 e. The maximum atomic E-state index is 14.2. The average Bonchev–Trinajstić information content (AvgIpc) is 2.95. The second-order valence-corrected chi connectivity index (χ2v) is 8.83. The lowest BCUT2D eigenvalue weighted by Gasteiger charge is -2.27. The van der Waals surface area contributed by atoms with Crippen LogP contribution in [0.2, 0.25) is 0 Å². The molecule has 1 aliphatic rings. The molecule has 0 aliphatic carbocycles. The predicted octanol–water partition coefficient (Wildman–Crippen LogP) is 4.68. The van der Waals surface area contributed by atoms with Gasteiger partial charge in [0.25, 0.3) is 0 Å². The fourth-order valence-corrected chi connectivity index (χ4v) is 4.22. The van der Waals surface area contributed by atoms with E-state index in [-0.39, 0.29) is 23.3 Å². The van der Waals surface area contributed by atoms with E-state index in [0.717, 1.165) is 23.1 Å². The maximum Gasteiger partial charge on any atom is 0.245 e. The number of benzene rings is 2. The number of nitrogens with one attached hydrogen (secondary N) is 2. The van der Waals surface area contributed by atoms with Crippen molar-refractivity contribution in [3.63, 3.8) is 0 Å². The van der Waals surface area contributed by atoms with Crippen LogP contribution in [-0.2, 0) is 11.2 Å². The molecule has 1 fully saturated rings. The second kappa shape index (κ2) is 11.7. The van der Waals surface area contributed by atoms with E-state index in [2.05, 4.69) is 30.8 Å². The number of ether oxygens (including phenoxy) is 1. The van der Waals surface area contributed by atoms with Gasteiger partial charge < -0.3 is 25.2 Å². The molecule has 2 aromatic carbocycles. The number of anilines is 4. The summed E-state index contributed by atoms with van der Waals surface area (Å²) < 4.78 is 19.6. The topological polar surface area (TPSA) is 128 Å². The molecule has 0 unspecified atom stereocenters. The van der Waals surface area contributed by atoms with Gasteiger partial charge in [0.15, 0.2) is 11.6 Å². The Bertz CT molecular complexity index is 1490. The third-order valence-corrected chi connectivity index (χ3v) is 6.16. The van der Waals surface area contributed by atoms with Crippen molar-refractivity contribution in [2.45, 2.75) is 13.3 Å². The van der Waals surface area contributed by atoms with E-state index in [4.69, 9.17) is 4.74 Å². The fourth-order valence-electron chi connectivity index (χ4n) is 4.22. The molecule has 0 spiro atoms. The zero-order valence-corrected chi connectivity index (χ0v) is 21.3. The Labute approximate surface area is 224 Å². The number of aryl methyl sites for hydroxylation is 1. The number of morpholine rings is 1. The van der Waals surface area contributed by atoms with Gasteiger partial charge in [-0.05, 0) is 48.4 Å². The summed E-state index contributed by atoms with van der Waals surface area (Å²) in [7, 11) is 0. The van der Waals surface area contributed by atoms with Crippen molar-refractivity contribution in [1.29, 1.82) is 0 Å². The standard InChI is InChI=1S/C28H28FN7O3/c1-2-24-25(32-19-6-8-22(26(38)15-19)18-4-3-5-21(37)14-18)9-7-20(33-24)16-31-35-28-30-17-23(29)27(34-28)36-10-12-39-13-11-36/h3-9,14-17,32,37-38H,2,10-13H2,1H3,(H,30,34,35)/b31-16+. The summed E-state index contributed by atoms with van der Waals surface area (Å²) in [6.45, 7) is 4.15. The van der Waals surface area contributed by atoms with Crippen LogP contribution in [0.5, 0.6) is 11.5 Å². The predicted molar refractivity (Wildman–Crippen MR) is 148 cm³/mol. The molecule has 1 saturated heterocycles. The highest BCUT2D eigenvalue weighted by Gasteiger charge is 2.17. The van der Waals surface area contributed by atoms with E-state index in [1.165, 1.54) is 0 Å². The fraction of sp³-hybridized carbons (Fsp3) is 0.214. The first-order chi connectivity index (χ1) is 19.0. The van der Waals surface area contributed by atoms with Gasteiger partial charge in [-0.3, -0.25) is 0 Å². The van der Waals surface area contributed by atoms with Gasteiger partial charge in [-0.15, -0.1) is 0 Å². The van der Waals surface area contributed by atoms with Crippen LogP contribution in [0.1, 0.15) is 18.3 Å². The Morgan fingerprint density at radius 2 is 1.92 bits per heavy atom. The molecule has 1 aliphatic heterocycles. The Morgan fingerprint density at radius 3 is 2.69 bits per heavy atom. The summed E-state index contributed by atoms with van der Waals surface area (Å²) in [6.07, 6.45) is 3.33. The van der Waals surface area contributed by atoms with Crippen molar-refractivity contribution < 1.29 is 19.3 Å². The minimum Gasteiger partial charge on any atom is -0.508 e. The molecule has 5 rings (SSSR count). The number of pyridine rings is 1. The van der Waals surface area contributed by atoms with E-state index in [1.54, 1.807) is 42.6 Å². The number of aromatic nitrogens is 3. The van der Waals surface area contributed by atoms with Crippen LogP contribution in [-0.4, -0.2) is 57.7 Å².